The van der Waals surface area contributed by atoms with Gasteiger partial charge in [-0.1, -0.05) is 24.9 Å². The van der Waals surface area contributed by atoms with E-state index >= 15 is 0 Å². The zero-order valence-corrected chi connectivity index (χ0v) is 7.18. The molecule has 0 aliphatic carbocycles. The summed E-state index contributed by atoms with van der Waals surface area (Å²) in [6.07, 6.45) is 4.85. The predicted octanol–water partition coefficient (Wildman–Crippen LogP) is 2.59. The van der Waals surface area contributed by atoms with Gasteiger partial charge in [-0.05, 0) is 19.8 Å². The maximum Gasteiger partial charge on any atom is 0.106 e. The maximum absolute atomic E-state index is 4.62. The van der Waals surface area contributed by atoms with Crippen LogP contribution in [0.3, 0.4) is 0 Å². The fourth-order valence-electron chi connectivity index (χ4n) is 0.832. The van der Waals surface area contributed by atoms with Crippen molar-refractivity contribution in [1.29, 1.82) is 0 Å². The van der Waals surface area contributed by atoms with Crippen molar-refractivity contribution in [3.63, 3.8) is 0 Å². The number of nitrogens with zero attached hydrogens (tertiary/aromatic N) is 1. The molecule has 0 aromatic carbocycles. The Hall–Kier alpha value is -0.530. The fourth-order valence-corrected chi connectivity index (χ4v) is 0.832. The van der Waals surface area contributed by atoms with Gasteiger partial charge in [0.2, 0.25) is 0 Å². The number of oxime groups is 1. The van der Waals surface area contributed by atoms with Gasteiger partial charge in [-0.2, -0.15) is 0 Å². The van der Waals surface area contributed by atoms with Crippen molar-refractivity contribution in [3.05, 3.63) is 0 Å². The Labute approximate surface area is 63.3 Å². The number of unbranched alkanes of at least 4 members (excludes halogenated alkanes) is 2. The van der Waals surface area contributed by atoms with E-state index in [9.17, 15) is 0 Å². The van der Waals surface area contributed by atoms with E-state index in [0.29, 0.717) is 0 Å². The van der Waals surface area contributed by atoms with E-state index in [0.717, 1.165) is 12.1 Å². The van der Waals surface area contributed by atoms with Gasteiger partial charge in [0.1, 0.15) is 7.11 Å². The summed E-state index contributed by atoms with van der Waals surface area (Å²) in [4.78, 5) is 4.62. The van der Waals surface area contributed by atoms with Crippen LogP contribution in [0.15, 0.2) is 5.16 Å². The van der Waals surface area contributed by atoms with Crippen LogP contribution in [-0.4, -0.2) is 12.8 Å². The van der Waals surface area contributed by atoms with Gasteiger partial charge in [-0.15, -0.1) is 0 Å². The Kier molecular flexibility index (Phi) is 6.24. The molecule has 0 aliphatic heterocycles. The van der Waals surface area contributed by atoms with E-state index in [1.807, 2.05) is 6.92 Å². The van der Waals surface area contributed by atoms with E-state index < -0.39 is 0 Å². The van der Waals surface area contributed by atoms with Crippen LogP contribution in [0, 0.1) is 0 Å². The minimum atomic E-state index is 1.07. The molecule has 2 nitrogen and oxygen atoms in total. The van der Waals surface area contributed by atoms with Gasteiger partial charge in [0.15, 0.2) is 0 Å². The van der Waals surface area contributed by atoms with E-state index in [1.54, 1.807) is 7.11 Å². The van der Waals surface area contributed by atoms with Gasteiger partial charge in [0, 0.05) is 0 Å². The molecule has 0 aromatic heterocycles. The Balaban J connectivity index is 3.21. The third kappa shape index (κ3) is 5.60. The Morgan fingerprint density at radius 2 is 2.10 bits per heavy atom. The van der Waals surface area contributed by atoms with Crippen LogP contribution < -0.4 is 0 Å². The first-order chi connectivity index (χ1) is 4.81. The molecule has 0 radical (unpaired) electrons. The summed E-state index contributed by atoms with van der Waals surface area (Å²) in [7, 11) is 1.59. The molecular formula is C8H17NO. The Morgan fingerprint density at radius 3 is 2.60 bits per heavy atom. The SMILES string of the molecule is CCCCCC(C)=NOC. The van der Waals surface area contributed by atoms with E-state index in [2.05, 4.69) is 16.9 Å². The summed E-state index contributed by atoms with van der Waals surface area (Å²) in [6, 6.07) is 0. The third-order valence-corrected chi connectivity index (χ3v) is 1.39. The second kappa shape index (κ2) is 6.59. The van der Waals surface area contributed by atoms with Crippen molar-refractivity contribution >= 4 is 5.71 Å². The smallest absolute Gasteiger partial charge is 0.106 e. The molecule has 60 valence electrons. The highest BCUT2D eigenvalue weighted by Crippen LogP contribution is 2.00. The van der Waals surface area contributed by atoms with Gasteiger partial charge < -0.3 is 4.84 Å². The first-order valence-corrected chi connectivity index (χ1v) is 3.88. The molecule has 0 atom stereocenters. The lowest BCUT2D eigenvalue weighted by Gasteiger charge is -1.96. The molecular weight excluding hydrogens is 126 g/mol. The van der Waals surface area contributed by atoms with Crippen LogP contribution in [0.2, 0.25) is 0 Å². The topological polar surface area (TPSA) is 21.6 Å². The molecule has 0 saturated carbocycles. The molecule has 0 rings (SSSR count). The zero-order valence-electron chi connectivity index (χ0n) is 7.18. The predicted molar refractivity (Wildman–Crippen MR) is 44.3 cm³/mol. The monoisotopic (exact) mass is 143 g/mol. The summed E-state index contributed by atoms with van der Waals surface area (Å²) in [5.74, 6) is 0. The molecule has 0 aromatic rings. The fraction of sp³-hybridized carbons (Fsp3) is 0.875. The van der Waals surface area contributed by atoms with Crippen molar-refractivity contribution in [3.8, 4) is 0 Å². The molecule has 0 saturated heterocycles. The van der Waals surface area contributed by atoms with E-state index in [4.69, 9.17) is 0 Å². The van der Waals surface area contributed by atoms with Crippen molar-refractivity contribution in [2.24, 2.45) is 5.16 Å². The normalized spacial score (nSPS) is 11.7. The van der Waals surface area contributed by atoms with E-state index in [-0.39, 0.29) is 0 Å². The van der Waals surface area contributed by atoms with Crippen molar-refractivity contribution in [2.45, 2.75) is 39.5 Å². The first kappa shape index (κ1) is 9.47. The minimum Gasteiger partial charge on any atom is -0.399 e. The third-order valence-electron chi connectivity index (χ3n) is 1.39. The average Bonchev–Trinajstić information content (AvgIpc) is 1.89. The minimum absolute atomic E-state index is 1.07. The Morgan fingerprint density at radius 1 is 1.40 bits per heavy atom. The quantitative estimate of drug-likeness (QED) is 0.329. The van der Waals surface area contributed by atoms with Crippen LogP contribution in [0.25, 0.3) is 0 Å². The largest absolute Gasteiger partial charge is 0.399 e. The highest BCUT2D eigenvalue weighted by Gasteiger charge is 1.90. The lowest BCUT2D eigenvalue weighted by molar-refractivity contribution is 0.212. The van der Waals surface area contributed by atoms with Gasteiger partial charge in [0.05, 0.1) is 5.71 Å². The highest BCUT2D eigenvalue weighted by molar-refractivity contribution is 5.81. The van der Waals surface area contributed by atoms with Crippen LogP contribution in [0.4, 0.5) is 0 Å². The molecule has 0 heterocycles. The second-order valence-corrected chi connectivity index (χ2v) is 2.47. The average molecular weight is 143 g/mol. The molecule has 10 heavy (non-hydrogen) atoms. The van der Waals surface area contributed by atoms with Crippen LogP contribution in [-0.2, 0) is 4.84 Å². The van der Waals surface area contributed by atoms with Gasteiger partial charge in [-0.25, -0.2) is 0 Å². The molecule has 0 bridgehead atoms. The number of rotatable bonds is 5. The number of hydrogen-bond donors (Lipinski definition) is 0. The highest BCUT2D eigenvalue weighted by atomic mass is 16.6. The summed E-state index contributed by atoms with van der Waals surface area (Å²) >= 11 is 0. The molecule has 0 N–H and O–H groups in total. The number of hydrogen-bond acceptors (Lipinski definition) is 2. The molecule has 0 unspecified atom stereocenters. The molecule has 0 aliphatic rings. The lowest BCUT2D eigenvalue weighted by Crippen LogP contribution is -1.91. The summed E-state index contributed by atoms with van der Waals surface area (Å²) in [5.41, 5.74) is 1.09. The Bertz CT molecular complexity index is 99.4. The first-order valence-electron chi connectivity index (χ1n) is 3.88. The second-order valence-electron chi connectivity index (χ2n) is 2.47. The zero-order chi connectivity index (χ0) is 7.82. The van der Waals surface area contributed by atoms with Crippen molar-refractivity contribution < 1.29 is 4.84 Å². The summed E-state index contributed by atoms with van der Waals surface area (Å²) < 4.78 is 0. The molecule has 0 spiro atoms. The molecule has 2 heteroatoms. The van der Waals surface area contributed by atoms with Crippen LogP contribution >= 0.6 is 0 Å². The maximum atomic E-state index is 4.62. The standard InChI is InChI=1S/C8H17NO/c1-4-5-6-7-8(2)9-10-3/h4-7H2,1-3H3. The van der Waals surface area contributed by atoms with Crippen LogP contribution in [0.5, 0.6) is 0 Å². The van der Waals surface area contributed by atoms with E-state index in [1.165, 1.54) is 19.3 Å². The van der Waals surface area contributed by atoms with Gasteiger partial charge in [-0.3, -0.25) is 0 Å². The van der Waals surface area contributed by atoms with Crippen LogP contribution in [0.1, 0.15) is 39.5 Å². The molecule has 0 amide bonds. The summed E-state index contributed by atoms with van der Waals surface area (Å²) in [5, 5.41) is 3.81. The van der Waals surface area contributed by atoms with Crippen molar-refractivity contribution in [2.75, 3.05) is 7.11 Å². The molecule has 0 fully saturated rings. The van der Waals surface area contributed by atoms with Crippen molar-refractivity contribution in [1.82, 2.24) is 0 Å². The summed E-state index contributed by atoms with van der Waals surface area (Å²) in [6.45, 7) is 4.20. The lowest BCUT2D eigenvalue weighted by atomic mass is 10.1. The van der Waals surface area contributed by atoms with Gasteiger partial charge in [0.25, 0.3) is 0 Å². The van der Waals surface area contributed by atoms with Gasteiger partial charge >= 0.3 is 0 Å².